The van der Waals surface area contributed by atoms with Crippen molar-refractivity contribution in [2.24, 2.45) is 40.4 Å². The summed E-state index contributed by atoms with van der Waals surface area (Å²) in [7, 11) is 0. The number of benzene rings is 2. The van der Waals surface area contributed by atoms with E-state index in [2.05, 4.69) is 88.4 Å². The van der Waals surface area contributed by atoms with Crippen LogP contribution in [0, 0.1) is 63.1 Å². The van der Waals surface area contributed by atoms with Crippen molar-refractivity contribution in [1.82, 2.24) is 0 Å². The van der Waals surface area contributed by atoms with Gasteiger partial charge in [-0.3, -0.25) is 0 Å². The maximum atomic E-state index is 11.4. The smallest absolute Gasteiger partial charge is 0.0693 e. The lowest BCUT2D eigenvalue weighted by atomic mass is 9.55. The summed E-state index contributed by atoms with van der Waals surface area (Å²) in [4.78, 5) is 0. The minimum Gasteiger partial charge on any atom is -0.198 e. The molecule has 2 nitrogen and oxygen atoms in total. The second kappa shape index (κ2) is 23.0. The van der Waals surface area contributed by atoms with E-state index in [0.717, 1.165) is 63.2 Å². The highest BCUT2D eigenvalue weighted by Gasteiger charge is 2.49. The molecule has 2 aromatic carbocycles. The molecule has 0 heterocycles. The van der Waals surface area contributed by atoms with Gasteiger partial charge in [-0.25, -0.2) is 0 Å². The zero-order valence-corrected chi connectivity index (χ0v) is 38.6. The van der Waals surface area contributed by atoms with Crippen molar-refractivity contribution in [2.45, 2.75) is 232 Å². The third kappa shape index (κ3) is 12.7. The highest BCUT2D eigenvalue weighted by molar-refractivity contribution is 5.33. The van der Waals surface area contributed by atoms with E-state index in [9.17, 15) is 10.5 Å². The van der Waals surface area contributed by atoms with Crippen LogP contribution in [0.2, 0.25) is 0 Å². The van der Waals surface area contributed by atoms with Gasteiger partial charge in [-0.1, -0.05) is 173 Å². The fourth-order valence-electron chi connectivity index (χ4n) is 13.4. The summed E-state index contributed by atoms with van der Waals surface area (Å²) in [5.74, 6) is 4.73. The van der Waals surface area contributed by atoms with E-state index in [1.165, 1.54) is 157 Å². The predicted octanol–water partition coefficient (Wildman–Crippen LogP) is 17.3. The molecule has 4 aliphatic carbocycles. The molecule has 0 N–H and O–H groups in total. The lowest BCUT2D eigenvalue weighted by Gasteiger charge is -2.47. The van der Waals surface area contributed by atoms with E-state index in [0.29, 0.717) is 23.7 Å². The summed E-state index contributed by atoms with van der Waals surface area (Å²) in [5, 5.41) is 22.4. The van der Waals surface area contributed by atoms with Crippen LogP contribution in [0.15, 0.2) is 48.5 Å². The zero-order valence-electron chi connectivity index (χ0n) is 38.6. The third-order valence-electron chi connectivity index (χ3n) is 17.0. The maximum Gasteiger partial charge on any atom is 0.0693 e. The second-order valence-corrected chi connectivity index (χ2v) is 21.6. The summed E-state index contributed by atoms with van der Waals surface area (Å²) >= 11 is 0. The Kier molecular flexibility index (Phi) is 17.9. The van der Waals surface area contributed by atoms with Gasteiger partial charge in [0.2, 0.25) is 0 Å². The van der Waals surface area contributed by atoms with Gasteiger partial charge in [0.25, 0.3) is 0 Å². The van der Waals surface area contributed by atoms with Crippen molar-refractivity contribution in [3.05, 3.63) is 70.8 Å². The monoisotopic (exact) mass is 799 g/mol. The van der Waals surface area contributed by atoms with E-state index >= 15 is 0 Å². The van der Waals surface area contributed by atoms with Gasteiger partial charge in [-0.05, 0) is 159 Å². The number of unbranched alkanes of at least 4 members (excludes halogenated alkanes) is 7. The number of nitriles is 2. The molecule has 6 atom stereocenters. The van der Waals surface area contributed by atoms with E-state index in [1.54, 1.807) is 0 Å². The summed E-state index contributed by atoms with van der Waals surface area (Å²) in [6.45, 7) is 9.39. The SMILES string of the molecule is CCCCCCCC1CCC(c2ccc(C(CC3(C#N)CCCC(C)C3)C(Cc3ccc(C4CCC(CCCCCC)CC4)cc3)C3(C#N)CCCC(C)C3)cc2)CC1. The summed E-state index contributed by atoms with van der Waals surface area (Å²) in [5.41, 5.74) is 5.15. The molecule has 0 radical (unpaired) electrons. The normalized spacial score (nSPS) is 31.2. The third-order valence-corrected chi connectivity index (χ3v) is 17.0. The molecule has 4 fully saturated rings. The molecule has 0 bridgehead atoms. The van der Waals surface area contributed by atoms with Gasteiger partial charge in [0.1, 0.15) is 0 Å². The van der Waals surface area contributed by atoms with Gasteiger partial charge in [0, 0.05) is 0 Å². The molecular formula is C57H86N2. The minimum absolute atomic E-state index is 0.185. The van der Waals surface area contributed by atoms with Gasteiger partial charge >= 0.3 is 0 Å². The van der Waals surface area contributed by atoms with Crippen molar-refractivity contribution in [2.75, 3.05) is 0 Å². The minimum atomic E-state index is -0.374. The van der Waals surface area contributed by atoms with Crippen molar-refractivity contribution >= 4 is 0 Å². The predicted molar refractivity (Wildman–Crippen MR) is 250 cm³/mol. The molecule has 59 heavy (non-hydrogen) atoms. The van der Waals surface area contributed by atoms with Crippen LogP contribution < -0.4 is 0 Å². The Morgan fingerprint density at radius 2 is 1.08 bits per heavy atom. The summed E-state index contributed by atoms with van der Waals surface area (Å²) in [6, 6.07) is 25.8. The molecule has 6 rings (SSSR count). The molecule has 0 aliphatic heterocycles. The molecule has 2 aromatic rings. The van der Waals surface area contributed by atoms with Crippen LogP contribution in [0.25, 0.3) is 0 Å². The fraction of sp³-hybridized carbons (Fsp3) is 0.754. The lowest BCUT2D eigenvalue weighted by molar-refractivity contribution is 0.0828. The van der Waals surface area contributed by atoms with Crippen molar-refractivity contribution < 1.29 is 0 Å². The topological polar surface area (TPSA) is 47.6 Å². The van der Waals surface area contributed by atoms with Gasteiger partial charge in [0.15, 0.2) is 0 Å². The lowest BCUT2D eigenvalue weighted by Crippen LogP contribution is -2.41. The first-order valence-corrected chi connectivity index (χ1v) is 25.8. The number of nitrogens with zero attached hydrogens (tertiary/aromatic N) is 2. The van der Waals surface area contributed by atoms with Crippen molar-refractivity contribution in [1.29, 1.82) is 10.5 Å². The quantitative estimate of drug-likeness (QED) is 0.125. The van der Waals surface area contributed by atoms with Gasteiger partial charge in [0.05, 0.1) is 23.0 Å². The number of hydrogen-bond acceptors (Lipinski definition) is 2. The Morgan fingerprint density at radius 1 is 0.576 bits per heavy atom. The van der Waals surface area contributed by atoms with E-state index in [4.69, 9.17) is 0 Å². The average molecular weight is 799 g/mol. The van der Waals surface area contributed by atoms with Crippen LogP contribution in [0.3, 0.4) is 0 Å². The first-order chi connectivity index (χ1) is 28.8. The Labute approximate surface area is 364 Å². The summed E-state index contributed by atoms with van der Waals surface area (Å²) in [6.07, 6.45) is 36.8. The van der Waals surface area contributed by atoms with Crippen LogP contribution in [0.1, 0.15) is 247 Å². The number of hydrogen-bond donors (Lipinski definition) is 0. The molecule has 2 heteroatoms. The molecule has 0 aromatic heterocycles. The standard InChI is InChI=1S/C57H86N2/c1-5-7-9-11-13-19-47-22-28-50(29-23-47)52-32-34-53(35-33-52)54(41-56(42-58)36-14-16-44(3)39-56)55(57(43-59)37-15-17-45(4)40-57)38-48-24-30-51(31-25-48)49-26-20-46(21-27-49)18-12-10-8-6-2/h24-25,30-35,44-47,49-50,54-55H,5-23,26-29,36-41H2,1-4H3. The summed E-state index contributed by atoms with van der Waals surface area (Å²) < 4.78 is 0. The van der Waals surface area contributed by atoms with E-state index in [-0.39, 0.29) is 22.7 Å². The van der Waals surface area contributed by atoms with Crippen LogP contribution in [-0.4, -0.2) is 0 Å². The van der Waals surface area contributed by atoms with Crippen molar-refractivity contribution in [3.63, 3.8) is 0 Å². The molecule has 0 amide bonds. The highest BCUT2D eigenvalue weighted by Crippen LogP contribution is 2.56. The molecular weight excluding hydrogens is 713 g/mol. The first kappa shape index (κ1) is 45.9. The molecule has 0 spiro atoms. The Morgan fingerprint density at radius 3 is 1.59 bits per heavy atom. The molecule has 4 saturated carbocycles. The van der Waals surface area contributed by atoms with Crippen LogP contribution in [0.5, 0.6) is 0 Å². The van der Waals surface area contributed by atoms with Crippen LogP contribution in [0.4, 0.5) is 0 Å². The second-order valence-electron chi connectivity index (χ2n) is 21.6. The zero-order chi connectivity index (χ0) is 41.5. The van der Waals surface area contributed by atoms with Gasteiger partial charge in [-0.2, -0.15) is 10.5 Å². The van der Waals surface area contributed by atoms with E-state index < -0.39 is 0 Å². The highest BCUT2D eigenvalue weighted by atomic mass is 14.5. The Hall–Kier alpha value is -2.58. The number of rotatable bonds is 20. The Bertz CT molecular complexity index is 1580. The van der Waals surface area contributed by atoms with Gasteiger partial charge < -0.3 is 0 Å². The van der Waals surface area contributed by atoms with Crippen LogP contribution in [-0.2, 0) is 6.42 Å². The van der Waals surface area contributed by atoms with Crippen molar-refractivity contribution in [3.8, 4) is 12.1 Å². The molecule has 4 aliphatic rings. The van der Waals surface area contributed by atoms with E-state index in [1.807, 2.05) is 0 Å². The van der Waals surface area contributed by atoms with Crippen LogP contribution >= 0.6 is 0 Å². The Balaban J connectivity index is 1.23. The largest absolute Gasteiger partial charge is 0.198 e. The molecule has 0 saturated heterocycles. The first-order valence-electron chi connectivity index (χ1n) is 25.8. The fourth-order valence-corrected chi connectivity index (χ4v) is 13.4. The molecule has 324 valence electrons. The maximum absolute atomic E-state index is 11.4. The average Bonchev–Trinajstić information content (AvgIpc) is 3.27. The molecule has 6 unspecified atom stereocenters. The van der Waals surface area contributed by atoms with Gasteiger partial charge in [-0.15, -0.1) is 0 Å².